The zero-order valence-electron chi connectivity index (χ0n) is 9.33. The van der Waals surface area contributed by atoms with Gasteiger partial charge < -0.3 is 9.64 Å². The molecule has 0 aromatic heterocycles. The molecule has 4 heteroatoms. The number of carbonyl (C=O) groups is 2. The maximum absolute atomic E-state index is 11.8. The Kier molecular flexibility index (Phi) is 2.35. The number of likely N-dealkylation sites (tertiary alicyclic amines) is 1. The van der Waals surface area contributed by atoms with Crippen LogP contribution >= 0.6 is 0 Å². The van der Waals surface area contributed by atoms with Crippen LogP contribution in [0.5, 0.6) is 0 Å². The molecule has 2 fully saturated rings. The molecule has 2 aliphatic heterocycles. The first-order chi connectivity index (χ1) is 8.24. The van der Waals surface area contributed by atoms with Crippen LogP contribution in [0, 0.1) is 0 Å². The lowest BCUT2D eigenvalue weighted by Crippen LogP contribution is -2.34. The molecule has 0 bridgehead atoms. The Morgan fingerprint density at radius 2 is 1.94 bits per heavy atom. The molecular weight excluding hydrogens is 218 g/mol. The van der Waals surface area contributed by atoms with Crippen LogP contribution in [-0.4, -0.2) is 28.9 Å². The Morgan fingerprint density at radius 1 is 1.18 bits per heavy atom. The molecule has 1 amide bonds. The van der Waals surface area contributed by atoms with E-state index in [2.05, 4.69) is 0 Å². The van der Waals surface area contributed by atoms with Crippen LogP contribution < -0.4 is 0 Å². The van der Waals surface area contributed by atoms with Gasteiger partial charge >= 0.3 is 5.97 Å². The van der Waals surface area contributed by atoms with Gasteiger partial charge in [0.25, 0.3) is 0 Å². The quantitative estimate of drug-likeness (QED) is 0.716. The van der Waals surface area contributed by atoms with E-state index in [4.69, 9.17) is 4.74 Å². The number of nitrogens with zero attached hydrogens (tertiary/aromatic N) is 1. The molecule has 1 aromatic rings. The fourth-order valence-corrected chi connectivity index (χ4v) is 2.55. The van der Waals surface area contributed by atoms with Crippen molar-refractivity contribution in [1.29, 1.82) is 0 Å². The van der Waals surface area contributed by atoms with Gasteiger partial charge in [0.15, 0.2) is 0 Å². The summed E-state index contributed by atoms with van der Waals surface area (Å²) >= 11 is 0. The predicted molar refractivity (Wildman–Crippen MR) is 59.9 cm³/mol. The second-order valence-corrected chi connectivity index (χ2v) is 4.51. The van der Waals surface area contributed by atoms with E-state index in [9.17, 15) is 9.59 Å². The molecule has 0 unspecified atom stereocenters. The lowest BCUT2D eigenvalue weighted by Gasteiger charge is -2.21. The summed E-state index contributed by atoms with van der Waals surface area (Å²) in [5.41, 5.74) is 1.08. The van der Waals surface area contributed by atoms with Crippen LogP contribution in [0.15, 0.2) is 30.3 Å². The van der Waals surface area contributed by atoms with Gasteiger partial charge in [0.2, 0.25) is 5.91 Å². The Labute approximate surface area is 99.2 Å². The van der Waals surface area contributed by atoms with Crippen molar-refractivity contribution in [3.05, 3.63) is 35.9 Å². The zero-order valence-corrected chi connectivity index (χ0v) is 9.33. The highest BCUT2D eigenvalue weighted by Gasteiger charge is 2.47. The van der Waals surface area contributed by atoms with Crippen molar-refractivity contribution < 1.29 is 14.3 Å². The van der Waals surface area contributed by atoms with Crippen LogP contribution in [0.3, 0.4) is 0 Å². The van der Waals surface area contributed by atoms with Gasteiger partial charge in [0, 0.05) is 6.54 Å². The van der Waals surface area contributed by atoms with Crippen LogP contribution in [0.2, 0.25) is 0 Å². The second-order valence-electron chi connectivity index (χ2n) is 4.51. The predicted octanol–water partition coefficient (Wildman–Crippen LogP) is 1.10. The number of esters is 1. The molecule has 3 rings (SSSR count). The summed E-state index contributed by atoms with van der Waals surface area (Å²) < 4.78 is 5.12. The molecule has 0 spiro atoms. The van der Waals surface area contributed by atoms with Crippen molar-refractivity contribution >= 4 is 11.9 Å². The van der Waals surface area contributed by atoms with Crippen molar-refractivity contribution in [2.75, 3.05) is 0 Å². The molecular formula is C13H13NO3. The number of amides is 1. The lowest BCUT2D eigenvalue weighted by atomic mass is 10.1. The molecule has 0 saturated carbocycles. The largest absolute Gasteiger partial charge is 0.460 e. The van der Waals surface area contributed by atoms with Gasteiger partial charge in [-0.2, -0.15) is 0 Å². The van der Waals surface area contributed by atoms with Gasteiger partial charge in [-0.05, 0) is 5.56 Å². The topological polar surface area (TPSA) is 46.6 Å². The summed E-state index contributed by atoms with van der Waals surface area (Å²) in [5, 5.41) is 0. The maximum atomic E-state index is 11.8. The zero-order chi connectivity index (χ0) is 11.8. The van der Waals surface area contributed by atoms with E-state index < -0.39 is 0 Å². The first-order valence-corrected chi connectivity index (χ1v) is 5.77. The van der Waals surface area contributed by atoms with Crippen molar-refractivity contribution in [3.8, 4) is 0 Å². The van der Waals surface area contributed by atoms with Crippen LogP contribution in [0.25, 0.3) is 0 Å². The minimum atomic E-state index is -0.223. The number of hydrogen-bond donors (Lipinski definition) is 0. The molecule has 2 heterocycles. The van der Waals surface area contributed by atoms with Gasteiger partial charge in [0.05, 0.1) is 18.9 Å². The van der Waals surface area contributed by atoms with E-state index in [0.29, 0.717) is 19.4 Å². The number of ether oxygens (including phenoxy) is 1. The Bertz CT molecular complexity index is 457. The highest BCUT2D eigenvalue weighted by Crippen LogP contribution is 2.31. The minimum Gasteiger partial charge on any atom is -0.460 e. The fraction of sp³-hybridized carbons (Fsp3) is 0.385. The van der Waals surface area contributed by atoms with Crippen LogP contribution in [-0.2, 0) is 20.9 Å². The Morgan fingerprint density at radius 3 is 2.71 bits per heavy atom. The average molecular weight is 231 g/mol. The third kappa shape index (κ3) is 1.79. The van der Waals surface area contributed by atoms with Crippen molar-refractivity contribution in [3.63, 3.8) is 0 Å². The summed E-state index contributed by atoms with van der Waals surface area (Å²) in [6.45, 7) is 0.567. The van der Waals surface area contributed by atoms with Crippen molar-refractivity contribution in [1.82, 2.24) is 4.90 Å². The summed E-state index contributed by atoms with van der Waals surface area (Å²) in [6.07, 6.45) is 0.450. The van der Waals surface area contributed by atoms with Gasteiger partial charge in [0.1, 0.15) is 6.10 Å². The molecule has 0 radical (unpaired) electrons. The van der Waals surface area contributed by atoms with Crippen molar-refractivity contribution in [2.45, 2.75) is 31.5 Å². The highest BCUT2D eigenvalue weighted by atomic mass is 16.6. The molecule has 0 aliphatic carbocycles. The molecule has 2 aliphatic rings. The molecule has 2 atom stereocenters. The lowest BCUT2D eigenvalue weighted by molar-refractivity contribution is -0.142. The Balaban J connectivity index is 1.78. The van der Waals surface area contributed by atoms with E-state index in [1.807, 2.05) is 30.3 Å². The first kappa shape index (κ1) is 10.3. The molecule has 17 heavy (non-hydrogen) atoms. The number of rotatable bonds is 2. The average Bonchev–Trinajstić information content (AvgIpc) is 2.79. The van der Waals surface area contributed by atoms with Gasteiger partial charge in [-0.15, -0.1) is 0 Å². The molecule has 1 aromatic carbocycles. The fourth-order valence-electron chi connectivity index (χ4n) is 2.55. The molecule has 2 saturated heterocycles. The molecule has 0 N–H and O–H groups in total. The van der Waals surface area contributed by atoms with E-state index in [1.165, 1.54) is 0 Å². The number of benzene rings is 1. The molecule has 88 valence electrons. The Hall–Kier alpha value is -1.84. The van der Waals surface area contributed by atoms with Crippen LogP contribution in [0.4, 0.5) is 0 Å². The van der Waals surface area contributed by atoms with E-state index in [-0.39, 0.29) is 24.0 Å². The molecule has 4 nitrogen and oxygen atoms in total. The maximum Gasteiger partial charge on any atom is 0.308 e. The van der Waals surface area contributed by atoms with Gasteiger partial charge in [-0.3, -0.25) is 9.59 Å². The summed E-state index contributed by atoms with van der Waals surface area (Å²) in [6, 6.07) is 9.75. The smallest absolute Gasteiger partial charge is 0.308 e. The van der Waals surface area contributed by atoms with Crippen LogP contribution in [0.1, 0.15) is 18.4 Å². The second kappa shape index (κ2) is 3.87. The van der Waals surface area contributed by atoms with E-state index >= 15 is 0 Å². The SMILES string of the molecule is O=C1C[C@H]2[C@H](CC(=O)N2Cc2ccccc2)O1. The minimum absolute atomic E-state index is 0.0600. The van der Waals surface area contributed by atoms with E-state index in [1.54, 1.807) is 4.90 Å². The van der Waals surface area contributed by atoms with Crippen molar-refractivity contribution in [2.24, 2.45) is 0 Å². The first-order valence-electron chi connectivity index (χ1n) is 5.77. The van der Waals surface area contributed by atoms with Gasteiger partial charge in [-0.25, -0.2) is 0 Å². The number of fused-ring (bicyclic) bond motifs is 1. The van der Waals surface area contributed by atoms with E-state index in [0.717, 1.165) is 5.56 Å². The third-order valence-electron chi connectivity index (χ3n) is 3.38. The summed E-state index contributed by atoms with van der Waals surface area (Å²) in [4.78, 5) is 24.8. The highest BCUT2D eigenvalue weighted by molar-refractivity contribution is 5.84. The van der Waals surface area contributed by atoms with Gasteiger partial charge in [-0.1, -0.05) is 30.3 Å². The third-order valence-corrected chi connectivity index (χ3v) is 3.38. The monoisotopic (exact) mass is 231 g/mol. The normalized spacial score (nSPS) is 27.2. The summed E-state index contributed by atoms with van der Waals surface area (Å²) in [7, 11) is 0. The standard InChI is InChI=1S/C13H13NO3/c15-12-7-11-10(6-13(16)17-11)14(12)8-9-4-2-1-3-5-9/h1-5,10-11H,6-8H2/t10-,11-/m0/s1. The number of hydrogen-bond acceptors (Lipinski definition) is 3. The summed E-state index contributed by atoms with van der Waals surface area (Å²) in [5.74, 6) is -0.109. The number of carbonyl (C=O) groups excluding carboxylic acids is 2.